The van der Waals surface area contributed by atoms with Gasteiger partial charge in [0.15, 0.2) is 18.0 Å². The lowest BCUT2D eigenvalue weighted by molar-refractivity contribution is -0.182. The van der Waals surface area contributed by atoms with Gasteiger partial charge in [-0.15, -0.1) is 0 Å². The molecule has 0 aromatic heterocycles. The first-order valence-electron chi connectivity index (χ1n) is 7.81. The van der Waals surface area contributed by atoms with Gasteiger partial charge in [-0.1, -0.05) is 0 Å². The molecule has 0 radical (unpaired) electrons. The Balaban J connectivity index is 2.61. The molecule has 14 nitrogen and oxygen atoms in total. The molecule has 8 atom stereocenters. The highest BCUT2D eigenvalue weighted by molar-refractivity contribution is 5.89. The summed E-state index contributed by atoms with van der Waals surface area (Å²) in [4.78, 5) is 22.7. The van der Waals surface area contributed by atoms with Gasteiger partial charge in [0.25, 0.3) is 0 Å². The van der Waals surface area contributed by atoms with Crippen LogP contribution in [0.3, 0.4) is 0 Å². The normalized spacial score (nSPS) is 24.7. The zero-order chi connectivity index (χ0) is 21.8. The molecule has 14 heteroatoms. The highest BCUT2D eigenvalue weighted by Crippen LogP contribution is 2.21. The lowest BCUT2D eigenvalue weighted by Crippen LogP contribution is -2.54. The minimum Gasteiger partial charge on any atom is -0.505 e. The molecule has 0 unspecified atom stereocenters. The summed E-state index contributed by atoms with van der Waals surface area (Å²) in [6, 6.07) is 0. The van der Waals surface area contributed by atoms with Crippen LogP contribution in [0.5, 0.6) is 0 Å². The summed E-state index contributed by atoms with van der Waals surface area (Å²) < 4.78 is 8.83. The summed E-state index contributed by atoms with van der Waals surface area (Å²) in [6.45, 7) is -1.98. The van der Waals surface area contributed by atoms with E-state index in [4.69, 9.17) is 10.2 Å². The maximum atomic E-state index is 11.7. The van der Waals surface area contributed by atoms with E-state index in [1.54, 1.807) is 0 Å². The van der Waals surface area contributed by atoms with Gasteiger partial charge in [-0.3, -0.25) is 0 Å². The van der Waals surface area contributed by atoms with Crippen molar-refractivity contribution in [1.29, 1.82) is 0 Å². The first-order valence-corrected chi connectivity index (χ1v) is 7.81. The molecule has 1 aliphatic rings. The fourth-order valence-electron chi connectivity index (χ4n) is 2.13. The SMILES string of the molecule is O=C1O[C@H]([C@H](O)COC(=O)[C@H](O)[C@H](O)[C@H](O)[C@@H](O)[C@H](O)[C@H](O)CO)C(O)=C1O. The van der Waals surface area contributed by atoms with Crippen LogP contribution in [0.1, 0.15) is 0 Å². The third kappa shape index (κ3) is 5.27. The molecule has 28 heavy (non-hydrogen) atoms. The molecule has 0 aromatic rings. The summed E-state index contributed by atoms with van der Waals surface area (Å²) in [5.41, 5.74) is 0. The third-order valence-corrected chi connectivity index (χ3v) is 3.88. The van der Waals surface area contributed by atoms with Crippen molar-refractivity contribution in [1.82, 2.24) is 0 Å². The Hall–Kier alpha value is -2.04. The first kappa shape index (κ1) is 24.0. The van der Waals surface area contributed by atoms with Crippen molar-refractivity contribution in [3.05, 3.63) is 11.5 Å². The molecule has 1 rings (SSSR count). The van der Waals surface area contributed by atoms with E-state index in [0.29, 0.717) is 0 Å². The van der Waals surface area contributed by atoms with Crippen LogP contribution in [0.15, 0.2) is 11.5 Å². The first-order chi connectivity index (χ1) is 12.9. The lowest BCUT2D eigenvalue weighted by atomic mass is 9.96. The number of hydrogen-bond donors (Lipinski definition) is 10. The van der Waals surface area contributed by atoms with Crippen LogP contribution in [0.2, 0.25) is 0 Å². The average molecular weight is 414 g/mol. The largest absolute Gasteiger partial charge is 0.505 e. The summed E-state index contributed by atoms with van der Waals surface area (Å²) in [6.07, 6.45) is -17.2. The molecule has 0 saturated carbocycles. The second-order valence-corrected chi connectivity index (χ2v) is 5.91. The predicted molar refractivity (Wildman–Crippen MR) is 82.3 cm³/mol. The Morgan fingerprint density at radius 1 is 0.964 bits per heavy atom. The van der Waals surface area contributed by atoms with E-state index in [1.165, 1.54) is 0 Å². The molecular formula is C14H22O14. The Morgan fingerprint density at radius 3 is 1.96 bits per heavy atom. The fourth-order valence-corrected chi connectivity index (χ4v) is 2.13. The maximum Gasteiger partial charge on any atom is 0.377 e. The van der Waals surface area contributed by atoms with E-state index in [9.17, 15) is 50.4 Å². The Bertz CT molecular complexity index is 591. The zero-order valence-electron chi connectivity index (χ0n) is 14.1. The van der Waals surface area contributed by atoms with Gasteiger partial charge in [-0.05, 0) is 0 Å². The van der Waals surface area contributed by atoms with Crippen molar-refractivity contribution in [2.45, 2.75) is 48.8 Å². The molecule has 0 aliphatic carbocycles. The molecule has 1 aliphatic heterocycles. The molecule has 1 heterocycles. The van der Waals surface area contributed by atoms with E-state index in [0.717, 1.165) is 0 Å². The highest BCUT2D eigenvalue weighted by Gasteiger charge is 2.42. The number of carbonyl (C=O) groups excluding carboxylic acids is 2. The van der Waals surface area contributed by atoms with E-state index >= 15 is 0 Å². The maximum absolute atomic E-state index is 11.7. The Labute approximate surface area is 156 Å². The number of esters is 2. The molecular weight excluding hydrogens is 392 g/mol. The predicted octanol–water partition coefficient (Wildman–Crippen LogP) is -5.70. The van der Waals surface area contributed by atoms with Crippen LogP contribution in [-0.4, -0.2) is 125 Å². The molecule has 162 valence electrons. The van der Waals surface area contributed by atoms with Crippen LogP contribution in [0.4, 0.5) is 0 Å². The number of aliphatic hydroxyl groups is 10. The second kappa shape index (κ2) is 9.94. The summed E-state index contributed by atoms with van der Waals surface area (Å²) >= 11 is 0. The van der Waals surface area contributed by atoms with Crippen molar-refractivity contribution >= 4 is 11.9 Å². The Kier molecular flexibility index (Phi) is 8.52. The van der Waals surface area contributed by atoms with E-state index < -0.39 is 85.5 Å². The third-order valence-electron chi connectivity index (χ3n) is 3.88. The topological polar surface area (TPSA) is 255 Å². The number of aliphatic hydroxyl groups excluding tert-OH is 10. The molecule has 0 bridgehead atoms. The van der Waals surface area contributed by atoms with Gasteiger partial charge in [0.05, 0.1) is 6.61 Å². The van der Waals surface area contributed by atoms with Crippen molar-refractivity contribution in [2.24, 2.45) is 0 Å². The Morgan fingerprint density at radius 2 is 1.50 bits per heavy atom. The second-order valence-electron chi connectivity index (χ2n) is 5.91. The fraction of sp³-hybridized carbons (Fsp3) is 0.714. The van der Waals surface area contributed by atoms with Crippen LogP contribution in [-0.2, 0) is 19.1 Å². The van der Waals surface area contributed by atoms with Gasteiger partial charge in [0.2, 0.25) is 5.76 Å². The van der Waals surface area contributed by atoms with E-state index in [-0.39, 0.29) is 0 Å². The van der Waals surface area contributed by atoms with Crippen LogP contribution >= 0.6 is 0 Å². The van der Waals surface area contributed by atoms with Gasteiger partial charge < -0.3 is 60.5 Å². The number of hydrogen-bond acceptors (Lipinski definition) is 14. The summed E-state index contributed by atoms with van der Waals surface area (Å²) in [5.74, 6) is -5.10. The molecule has 0 saturated heterocycles. The standard InChI is InChI=1S/C14H22O14/c15-1-3(16)5(18)6(19)7(20)8(21)10(23)13(25)27-2-4(17)12-9(22)11(24)14(26)28-12/h3-8,10,12,15-24H,1-2H2/t3-,4-,5-,6+,7-,8-,10-,12-/m1/s1. The van der Waals surface area contributed by atoms with Crippen LogP contribution in [0.25, 0.3) is 0 Å². The number of rotatable bonds is 10. The number of ether oxygens (including phenoxy) is 2. The average Bonchev–Trinajstić information content (AvgIpc) is 2.95. The zero-order valence-corrected chi connectivity index (χ0v) is 14.1. The van der Waals surface area contributed by atoms with Crippen LogP contribution < -0.4 is 0 Å². The summed E-state index contributed by atoms with van der Waals surface area (Å²) in [7, 11) is 0. The van der Waals surface area contributed by atoms with E-state index in [2.05, 4.69) is 9.47 Å². The van der Waals surface area contributed by atoms with Gasteiger partial charge in [-0.2, -0.15) is 0 Å². The smallest absolute Gasteiger partial charge is 0.377 e. The monoisotopic (exact) mass is 414 g/mol. The highest BCUT2D eigenvalue weighted by atomic mass is 16.6. The minimum absolute atomic E-state index is 0.984. The van der Waals surface area contributed by atoms with Crippen molar-refractivity contribution < 1.29 is 70.1 Å². The quantitative estimate of drug-likeness (QED) is 0.149. The van der Waals surface area contributed by atoms with Crippen molar-refractivity contribution in [3.8, 4) is 0 Å². The minimum atomic E-state index is -2.49. The van der Waals surface area contributed by atoms with Crippen LogP contribution in [0, 0.1) is 0 Å². The van der Waals surface area contributed by atoms with Crippen molar-refractivity contribution in [3.63, 3.8) is 0 Å². The van der Waals surface area contributed by atoms with Gasteiger partial charge in [-0.25, -0.2) is 9.59 Å². The summed E-state index contributed by atoms with van der Waals surface area (Å²) in [5, 5.41) is 94.0. The van der Waals surface area contributed by atoms with Gasteiger partial charge in [0, 0.05) is 0 Å². The van der Waals surface area contributed by atoms with Gasteiger partial charge >= 0.3 is 11.9 Å². The molecule has 0 fully saturated rings. The molecule has 0 spiro atoms. The molecule has 0 aromatic carbocycles. The van der Waals surface area contributed by atoms with Crippen molar-refractivity contribution in [2.75, 3.05) is 13.2 Å². The van der Waals surface area contributed by atoms with Gasteiger partial charge in [0.1, 0.15) is 43.2 Å². The lowest BCUT2D eigenvalue weighted by Gasteiger charge is -2.30. The number of cyclic esters (lactones) is 1. The van der Waals surface area contributed by atoms with E-state index in [1.807, 2.05) is 0 Å². The molecule has 10 N–H and O–H groups in total. The molecule has 0 amide bonds. The number of carbonyl (C=O) groups is 2.